The van der Waals surface area contributed by atoms with Crippen LogP contribution in [-0.2, 0) is 10.0 Å². The lowest BCUT2D eigenvalue weighted by molar-refractivity contribution is 0.522. The lowest BCUT2D eigenvalue weighted by Crippen LogP contribution is -2.17. The van der Waals surface area contributed by atoms with Crippen molar-refractivity contribution < 1.29 is 17.2 Å². The van der Waals surface area contributed by atoms with Crippen molar-refractivity contribution in [2.75, 3.05) is 10.5 Å². The second-order valence-corrected chi connectivity index (χ2v) is 6.11. The highest BCUT2D eigenvalue weighted by atomic mass is 35.5. The second kappa shape index (κ2) is 5.58. The second-order valence-electron chi connectivity index (χ2n) is 3.76. The van der Waals surface area contributed by atoms with Crippen molar-refractivity contribution >= 4 is 44.7 Å². The smallest absolute Gasteiger partial charge is 0.268 e. The Bertz CT molecular complexity index is 773. The first-order valence-electron chi connectivity index (χ1n) is 5.16. The van der Waals surface area contributed by atoms with E-state index in [0.717, 1.165) is 6.07 Å². The molecule has 0 fully saturated rings. The summed E-state index contributed by atoms with van der Waals surface area (Å²) >= 11 is 11.1. The Balaban J connectivity index is 2.48. The molecule has 0 amide bonds. The summed E-state index contributed by atoms with van der Waals surface area (Å²) < 4.78 is 53.1. The first-order chi connectivity index (χ1) is 9.69. The summed E-state index contributed by atoms with van der Waals surface area (Å²) in [6, 6.07) is 2.38. The van der Waals surface area contributed by atoms with Crippen molar-refractivity contribution in [3.63, 3.8) is 0 Å². The maximum Gasteiger partial charge on any atom is 0.268 e. The molecule has 0 spiro atoms. The van der Waals surface area contributed by atoms with Gasteiger partial charge < -0.3 is 5.73 Å². The van der Waals surface area contributed by atoms with Crippen LogP contribution >= 0.6 is 23.2 Å². The Kier molecular flexibility index (Phi) is 4.17. The molecule has 1 heterocycles. The SMILES string of the molecule is Nc1cc(F)c(S(=O)(=O)Nc2cc(Cl)nc(Cl)n2)c(F)c1. The van der Waals surface area contributed by atoms with Crippen molar-refractivity contribution in [2.24, 2.45) is 0 Å². The summed E-state index contributed by atoms with van der Waals surface area (Å²) in [5.74, 6) is -3.02. The molecule has 2 aromatic rings. The Morgan fingerprint density at radius 2 is 1.67 bits per heavy atom. The number of nitrogens with one attached hydrogen (secondary N) is 1. The molecule has 21 heavy (non-hydrogen) atoms. The number of anilines is 2. The van der Waals surface area contributed by atoms with E-state index in [1.54, 1.807) is 0 Å². The van der Waals surface area contributed by atoms with Crippen LogP contribution in [0.1, 0.15) is 0 Å². The average molecular weight is 355 g/mol. The molecule has 0 saturated heterocycles. The van der Waals surface area contributed by atoms with Gasteiger partial charge in [0.1, 0.15) is 22.6 Å². The van der Waals surface area contributed by atoms with Crippen molar-refractivity contribution in [1.29, 1.82) is 0 Å². The normalized spacial score (nSPS) is 11.4. The number of halogens is 4. The number of rotatable bonds is 3. The van der Waals surface area contributed by atoms with Crippen LogP contribution in [0.4, 0.5) is 20.3 Å². The fraction of sp³-hybridized carbons (Fsp3) is 0. The highest BCUT2D eigenvalue weighted by Gasteiger charge is 2.25. The van der Waals surface area contributed by atoms with E-state index in [1.165, 1.54) is 0 Å². The molecule has 1 aromatic carbocycles. The largest absolute Gasteiger partial charge is 0.399 e. The lowest BCUT2D eigenvalue weighted by Gasteiger charge is -2.10. The number of nitrogen functional groups attached to an aromatic ring is 1. The average Bonchev–Trinajstić information content (AvgIpc) is 2.23. The number of hydrogen-bond acceptors (Lipinski definition) is 5. The molecule has 2 rings (SSSR count). The van der Waals surface area contributed by atoms with Gasteiger partial charge in [0, 0.05) is 11.8 Å². The van der Waals surface area contributed by atoms with Gasteiger partial charge in [0.25, 0.3) is 10.0 Å². The van der Waals surface area contributed by atoms with E-state index >= 15 is 0 Å². The summed E-state index contributed by atoms with van der Waals surface area (Å²) in [6.45, 7) is 0. The van der Waals surface area contributed by atoms with Gasteiger partial charge in [-0.3, -0.25) is 4.72 Å². The molecular formula is C10H6Cl2F2N4O2S. The minimum atomic E-state index is -4.59. The van der Waals surface area contributed by atoms with Gasteiger partial charge >= 0.3 is 0 Å². The Morgan fingerprint density at radius 3 is 2.19 bits per heavy atom. The highest BCUT2D eigenvalue weighted by molar-refractivity contribution is 7.92. The maximum absolute atomic E-state index is 13.6. The van der Waals surface area contributed by atoms with E-state index < -0.39 is 26.6 Å². The van der Waals surface area contributed by atoms with Crippen molar-refractivity contribution in [3.8, 4) is 0 Å². The molecule has 0 aliphatic heterocycles. The summed E-state index contributed by atoms with van der Waals surface area (Å²) in [5, 5.41) is -0.482. The van der Waals surface area contributed by atoms with Crippen LogP contribution in [-0.4, -0.2) is 18.4 Å². The van der Waals surface area contributed by atoms with Crippen molar-refractivity contribution in [2.45, 2.75) is 4.90 Å². The van der Waals surface area contributed by atoms with Crippen molar-refractivity contribution in [3.05, 3.63) is 40.3 Å². The van der Waals surface area contributed by atoms with Gasteiger partial charge in [0.05, 0.1) is 0 Å². The molecule has 1 aromatic heterocycles. The summed E-state index contributed by atoms with van der Waals surface area (Å²) in [4.78, 5) is 5.84. The number of aromatic nitrogens is 2. The lowest BCUT2D eigenvalue weighted by atomic mass is 10.3. The van der Waals surface area contributed by atoms with Crippen LogP contribution in [0.2, 0.25) is 10.4 Å². The molecule has 6 nitrogen and oxygen atoms in total. The zero-order valence-corrected chi connectivity index (χ0v) is 12.3. The third-order valence-corrected chi connectivity index (χ3v) is 3.96. The molecule has 0 aliphatic rings. The van der Waals surface area contributed by atoms with Crippen molar-refractivity contribution in [1.82, 2.24) is 9.97 Å². The zero-order chi connectivity index (χ0) is 15.8. The molecule has 0 aliphatic carbocycles. The van der Waals surface area contributed by atoms with Crippen LogP contribution < -0.4 is 10.5 Å². The van der Waals surface area contributed by atoms with Crippen LogP contribution in [0.5, 0.6) is 0 Å². The van der Waals surface area contributed by atoms with Gasteiger partial charge in [0.2, 0.25) is 5.28 Å². The highest BCUT2D eigenvalue weighted by Crippen LogP contribution is 2.24. The van der Waals surface area contributed by atoms with Crippen LogP contribution in [0, 0.1) is 11.6 Å². The van der Waals surface area contributed by atoms with Crippen LogP contribution in [0.15, 0.2) is 23.1 Å². The molecule has 112 valence electrons. The van der Waals surface area contributed by atoms with Gasteiger partial charge in [-0.1, -0.05) is 11.6 Å². The summed E-state index contributed by atoms with van der Waals surface area (Å²) in [6.07, 6.45) is 0. The Labute approximate surface area is 128 Å². The minimum Gasteiger partial charge on any atom is -0.399 e. The van der Waals surface area contributed by atoms with Gasteiger partial charge in [-0.05, 0) is 23.7 Å². The quantitative estimate of drug-likeness (QED) is 0.501. The minimum absolute atomic E-state index is 0.147. The first kappa shape index (κ1) is 15.7. The van der Waals surface area contributed by atoms with Crippen LogP contribution in [0.3, 0.4) is 0 Å². The van der Waals surface area contributed by atoms with E-state index in [0.29, 0.717) is 12.1 Å². The maximum atomic E-state index is 13.6. The fourth-order valence-electron chi connectivity index (χ4n) is 1.47. The third kappa shape index (κ3) is 3.49. The molecule has 0 unspecified atom stereocenters. The summed E-state index contributed by atoms with van der Waals surface area (Å²) in [7, 11) is -4.59. The van der Waals surface area contributed by atoms with Gasteiger partial charge in [0.15, 0.2) is 4.90 Å². The van der Waals surface area contributed by atoms with E-state index in [4.69, 9.17) is 28.9 Å². The molecule has 11 heteroatoms. The molecule has 0 bridgehead atoms. The number of sulfonamides is 1. The monoisotopic (exact) mass is 354 g/mol. The van der Waals surface area contributed by atoms with E-state index in [1.807, 2.05) is 4.72 Å². The van der Waals surface area contributed by atoms with E-state index in [2.05, 4.69) is 9.97 Å². The van der Waals surface area contributed by atoms with Crippen LogP contribution in [0.25, 0.3) is 0 Å². The number of benzene rings is 1. The Morgan fingerprint density at radius 1 is 1.10 bits per heavy atom. The zero-order valence-electron chi connectivity index (χ0n) is 9.94. The molecule has 0 radical (unpaired) electrons. The third-order valence-electron chi connectivity index (χ3n) is 2.20. The standard InChI is InChI=1S/C10H6Cl2F2N4O2S/c11-7-3-8(17-10(12)16-7)18-21(19,20)9-5(13)1-4(15)2-6(9)14/h1-3H,15H2,(H,16,17,18). The fourth-order valence-corrected chi connectivity index (χ4v) is 2.99. The Hall–Kier alpha value is -1.71. The first-order valence-corrected chi connectivity index (χ1v) is 7.40. The van der Waals surface area contributed by atoms with E-state index in [-0.39, 0.29) is 21.9 Å². The molecule has 0 atom stereocenters. The van der Waals surface area contributed by atoms with Gasteiger partial charge in [-0.15, -0.1) is 0 Å². The topological polar surface area (TPSA) is 98.0 Å². The molecule has 3 N–H and O–H groups in total. The number of hydrogen-bond donors (Lipinski definition) is 2. The van der Waals surface area contributed by atoms with Gasteiger partial charge in [-0.2, -0.15) is 4.98 Å². The van der Waals surface area contributed by atoms with Gasteiger partial charge in [-0.25, -0.2) is 22.2 Å². The molecule has 0 saturated carbocycles. The summed E-state index contributed by atoms with van der Waals surface area (Å²) in [5.41, 5.74) is 4.96. The predicted molar refractivity (Wildman–Crippen MR) is 73.6 cm³/mol. The predicted octanol–water partition coefficient (Wildman–Crippen LogP) is 2.44. The molecular weight excluding hydrogens is 349 g/mol. The van der Waals surface area contributed by atoms with E-state index in [9.17, 15) is 17.2 Å². The number of nitrogens with zero attached hydrogens (tertiary/aromatic N) is 2. The number of nitrogens with two attached hydrogens (primary N) is 1.